The summed E-state index contributed by atoms with van der Waals surface area (Å²) in [6.07, 6.45) is 0. The molecule has 0 aliphatic heterocycles. The lowest BCUT2D eigenvalue weighted by molar-refractivity contribution is 0.340. The maximum absolute atomic E-state index is 5.40. The topological polar surface area (TPSA) is 52.0 Å². The van der Waals surface area contributed by atoms with E-state index in [2.05, 4.69) is 15.4 Å². The standard InChI is InChI=1S/C13H18N4O/c1-4-18-12-7-5-11(6-8-12)9-14-13-15-10(2)16-17(13)3/h5-8H,4,9H2,1-3H3,(H,14,15,16). The van der Waals surface area contributed by atoms with E-state index in [1.54, 1.807) is 4.68 Å². The van der Waals surface area contributed by atoms with E-state index < -0.39 is 0 Å². The molecule has 0 aliphatic carbocycles. The molecule has 1 heterocycles. The van der Waals surface area contributed by atoms with Crippen molar-refractivity contribution in [2.24, 2.45) is 7.05 Å². The Morgan fingerprint density at radius 3 is 2.56 bits per heavy atom. The van der Waals surface area contributed by atoms with Crippen LogP contribution in [0.25, 0.3) is 0 Å². The van der Waals surface area contributed by atoms with Gasteiger partial charge < -0.3 is 10.1 Å². The van der Waals surface area contributed by atoms with Crippen LogP contribution in [-0.2, 0) is 13.6 Å². The minimum Gasteiger partial charge on any atom is -0.494 e. The quantitative estimate of drug-likeness (QED) is 0.878. The van der Waals surface area contributed by atoms with E-state index in [1.807, 2.05) is 45.2 Å². The molecule has 2 rings (SSSR count). The fourth-order valence-corrected chi connectivity index (χ4v) is 1.72. The number of hydrogen-bond donors (Lipinski definition) is 1. The van der Waals surface area contributed by atoms with Gasteiger partial charge in [-0.05, 0) is 31.5 Å². The first-order valence-electron chi connectivity index (χ1n) is 6.02. The monoisotopic (exact) mass is 246 g/mol. The molecule has 96 valence electrons. The van der Waals surface area contributed by atoms with Gasteiger partial charge in [0.1, 0.15) is 11.6 Å². The summed E-state index contributed by atoms with van der Waals surface area (Å²) in [5.74, 6) is 2.45. The Morgan fingerprint density at radius 1 is 1.28 bits per heavy atom. The Hall–Kier alpha value is -2.04. The average molecular weight is 246 g/mol. The third-order valence-electron chi connectivity index (χ3n) is 2.55. The number of benzene rings is 1. The molecule has 1 aromatic heterocycles. The average Bonchev–Trinajstić information content (AvgIpc) is 2.67. The van der Waals surface area contributed by atoms with Crippen molar-refractivity contribution in [1.82, 2.24) is 14.8 Å². The first kappa shape index (κ1) is 12.4. The summed E-state index contributed by atoms with van der Waals surface area (Å²) >= 11 is 0. The number of anilines is 1. The van der Waals surface area contributed by atoms with Gasteiger partial charge in [-0.1, -0.05) is 12.1 Å². The van der Waals surface area contributed by atoms with E-state index in [1.165, 1.54) is 5.56 Å². The Labute approximate surface area is 107 Å². The maximum Gasteiger partial charge on any atom is 0.221 e. The molecule has 5 heteroatoms. The van der Waals surface area contributed by atoms with Crippen molar-refractivity contribution >= 4 is 5.95 Å². The van der Waals surface area contributed by atoms with Crippen molar-refractivity contribution in [3.63, 3.8) is 0 Å². The highest BCUT2D eigenvalue weighted by Crippen LogP contribution is 2.13. The molecule has 18 heavy (non-hydrogen) atoms. The van der Waals surface area contributed by atoms with Crippen LogP contribution in [0, 0.1) is 6.92 Å². The summed E-state index contributed by atoms with van der Waals surface area (Å²) in [7, 11) is 1.88. The molecule has 0 aliphatic rings. The van der Waals surface area contributed by atoms with Crippen molar-refractivity contribution in [2.75, 3.05) is 11.9 Å². The van der Waals surface area contributed by atoms with E-state index >= 15 is 0 Å². The molecule has 2 aromatic rings. The van der Waals surface area contributed by atoms with Crippen molar-refractivity contribution in [3.8, 4) is 5.75 Å². The van der Waals surface area contributed by atoms with Gasteiger partial charge in [0.25, 0.3) is 0 Å². The normalized spacial score (nSPS) is 10.4. The maximum atomic E-state index is 5.40. The highest BCUT2D eigenvalue weighted by Gasteiger charge is 2.02. The minimum atomic E-state index is 0.690. The number of aryl methyl sites for hydroxylation is 2. The summed E-state index contributed by atoms with van der Waals surface area (Å²) < 4.78 is 7.14. The van der Waals surface area contributed by atoms with E-state index in [9.17, 15) is 0 Å². The zero-order valence-electron chi connectivity index (χ0n) is 11.0. The fraction of sp³-hybridized carbons (Fsp3) is 0.385. The number of aromatic nitrogens is 3. The van der Waals surface area contributed by atoms with Gasteiger partial charge in [0.15, 0.2) is 0 Å². The molecule has 0 radical (unpaired) electrons. The Balaban J connectivity index is 1.95. The Kier molecular flexibility index (Phi) is 3.82. The van der Waals surface area contributed by atoms with Crippen LogP contribution in [0.15, 0.2) is 24.3 Å². The SMILES string of the molecule is CCOc1ccc(CNc2nc(C)nn2C)cc1. The van der Waals surface area contributed by atoms with Crippen LogP contribution in [0.4, 0.5) is 5.95 Å². The largest absolute Gasteiger partial charge is 0.494 e. The molecule has 1 aromatic carbocycles. The predicted molar refractivity (Wildman–Crippen MR) is 70.7 cm³/mol. The summed E-state index contributed by atoms with van der Waals surface area (Å²) in [4.78, 5) is 4.29. The second kappa shape index (κ2) is 5.53. The highest BCUT2D eigenvalue weighted by molar-refractivity contribution is 5.31. The van der Waals surface area contributed by atoms with Gasteiger partial charge in [-0.25, -0.2) is 4.68 Å². The summed E-state index contributed by atoms with van der Waals surface area (Å²) in [6.45, 7) is 5.27. The van der Waals surface area contributed by atoms with Crippen LogP contribution < -0.4 is 10.1 Å². The van der Waals surface area contributed by atoms with Gasteiger partial charge in [-0.3, -0.25) is 0 Å². The van der Waals surface area contributed by atoms with Gasteiger partial charge in [-0.2, -0.15) is 10.1 Å². The molecule has 0 spiro atoms. The first-order chi connectivity index (χ1) is 8.69. The number of ether oxygens (including phenoxy) is 1. The molecule has 0 bridgehead atoms. The van der Waals surface area contributed by atoms with Gasteiger partial charge in [0.05, 0.1) is 6.61 Å². The van der Waals surface area contributed by atoms with Crippen LogP contribution in [-0.4, -0.2) is 21.4 Å². The zero-order valence-corrected chi connectivity index (χ0v) is 11.0. The highest BCUT2D eigenvalue weighted by atomic mass is 16.5. The number of nitrogens with zero attached hydrogens (tertiary/aromatic N) is 3. The van der Waals surface area contributed by atoms with Gasteiger partial charge in [0.2, 0.25) is 5.95 Å². The molecule has 1 N–H and O–H groups in total. The smallest absolute Gasteiger partial charge is 0.221 e. The van der Waals surface area contributed by atoms with Crippen molar-refractivity contribution in [1.29, 1.82) is 0 Å². The van der Waals surface area contributed by atoms with Crippen molar-refractivity contribution in [3.05, 3.63) is 35.7 Å². The first-order valence-corrected chi connectivity index (χ1v) is 6.02. The van der Waals surface area contributed by atoms with Crippen LogP contribution in [0.2, 0.25) is 0 Å². The lowest BCUT2D eigenvalue weighted by Crippen LogP contribution is -2.05. The van der Waals surface area contributed by atoms with Gasteiger partial charge in [-0.15, -0.1) is 0 Å². The molecular weight excluding hydrogens is 228 g/mol. The summed E-state index contributed by atoms with van der Waals surface area (Å²) in [5, 5.41) is 7.43. The minimum absolute atomic E-state index is 0.690. The lowest BCUT2D eigenvalue weighted by Gasteiger charge is -2.06. The van der Waals surface area contributed by atoms with Crippen LogP contribution in [0.5, 0.6) is 5.75 Å². The van der Waals surface area contributed by atoms with E-state index in [-0.39, 0.29) is 0 Å². The van der Waals surface area contributed by atoms with E-state index in [4.69, 9.17) is 4.74 Å². The van der Waals surface area contributed by atoms with Crippen LogP contribution in [0.1, 0.15) is 18.3 Å². The number of nitrogens with one attached hydrogen (secondary N) is 1. The number of rotatable bonds is 5. The van der Waals surface area contributed by atoms with Crippen molar-refractivity contribution in [2.45, 2.75) is 20.4 Å². The zero-order chi connectivity index (χ0) is 13.0. The summed E-state index contributed by atoms with van der Waals surface area (Å²) in [5.41, 5.74) is 1.18. The predicted octanol–water partition coefficient (Wildman–Crippen LogP) is 2.13. The van der Waals surface area contributed by atoms with Gasteiger partial charge in [0, 0.05) is 13.6 Å². The molecule has 0 atom stereocenters. The molecule has 0 saturated heterocycles. The molecule has 0 unspecified atom stereocenters. The van der Waals surface area contributed by atoms with Gasteiger partial charge >= 0.3 is 0 Å². The fourth-order valence-electron chi connectivity index (χ4n) is 1.72. The summed E-state index contributed by atoms with van der Waals surface area (Å²) in [6, 6.07) is 8.04. The van der Waals surface area contributed by atoms with E-state index in [0.717, 1.165) is 24.1 Å². The molecule has 0 fully saturated rings. The van der Waals surface area contributed by atoms with Crippen LogP contribution in [0.3, 0.4) is 0 Å². The molecule has 0 saturated carbocycles. The molecular formula is C13H18N4O. The Bertz CT molecular complexity index is 504. The van der Waals surface area contributed by atoms with Crippen LogP contribution >= 0.6 is 0 Å². The Morgan fingerprint density at radius 2 is 2.00 bits per heavy atom. The lowest BCUT2D eigenvalue weighted by atomic mass is 10.2. The van der Waals surface area contributed by atoms with Crippen molar-refractivity contribution < 1.29 is 4.74 Å². The second-order valence-corrected chi connectivity index (χ2v) is 4.04. The molecule has 5 nitrogen and oxygen atoms in total. The third-order valence-corrected chi connectivity index (χ3v) is 2.55. The van der Waals surface area contributed by atoms with E-state index in [0.29, 0.717) is 6.61 Å². The molecule has 0 amide bonds. The second-order valence-electron chi connectivity index (χ2n) is 4.04. The third kappa shape index (κ3) is 3.00. The number of hydrogen-bond acceptors (Lipinski definition) is 4.